The van der Waals surface area contributed by atoms with Crippen molar-refractivity contribution in [1.82, 2.24) is 10.2 Å². The first-order valence-corrected chi connectivity index (χ1v) is 9.31. The lowest BCUT2D eigenvalue weighted by atomic mass is 9.93. The minimum atomic E-state index is -0.586. The number of alkyl halides is 1. The molecule has 0 unspecified atom stereocenters. The van der Waals surface area contributed by atoms with Crippen LogP contribution in [0.15, 0.2) is 24.3 Å². The first-order valence-electron chi connectivity index (χ1n) is 8.78. The first-order chi connectivity index (χ1) is 12.4. The van der Waals surface area contributed by atoms with Crippen LogP contribution >= 0.6 is 11.6 Å². The van der Waals surface area contributed by atoms with Crippen molar-refractivity contribution in [2.24, 2.45) is 5.41 Å². The molecule has 0 spiro atoms. The second-order valence-corrected chi connectivity index (χ2v) is 7.35. The molecular formula is C19H27ClN2O4. The molecule has 0 aliphatic carbocycles. The molecule has 1 N–H and O–H groups in total. The summed E-state index contributed by atoms with van der Waals surface area (Å²) in [6.07, 6.45) is 1.45. The zero-order chi connectivity index (χ0) is 19.2. The van der Waals surface area contributed by atoms with Gasteiger partial charge in [0.15, 0.2) is 18.1 Å². The summed E-state index contributed by atoms with van der Waals surface area (Å²) in [4.78, 5) is 26.3. The van der Waals surface area contributed by atoms with Gasteiger partial charge < -0.3 is 19.7 Å². The van der Waals surface area contributed by atoms with E-state index in [2.05, 4.69) is 5.32 Å². The van der Waals surface area contributed by atoms with Gasteiger partial charge in [-0.15, -0.1) is 11.6 Å². The predicted molar refractivity (Wildman–Crippen MR) is 101 cm³/mol. The Bertz CT molecular complexity index is 628. The van der Waals surface area contributed by atoms with Crippen molar-refractivity contribution in [3.8, 4) is 11.5 Å². The number of hydrogen-bond donors (Lipinski definition) is 1. The Morgan fingerprint density at radius 1 is 1.23 bits per heavy atom. The number of rotatable bonds is 7. The van der Waals surface area contributed by atoms with Gasteiger partial charge >= 0.3 is 0 Å². The summed E-state index contributed by atoms with van der Waals surface area (Å²) in [5.41, 5.74) is -0.586. The number of nitrogens with one attached hydrogen (secondary N) is 1. The van der Waals surface area contributed by atoms with Crippen LogP contribution in [0.1, 0.15) is 26.7 Å². The third-order valence-electron chi connectivity index (χ3n) is 4.55. The van der Waals surface area contributed by atoms with Crippen molar-refractivity contribution in [3.05, 3.63) is 24.3 Å². The number of hydrogen-bond acceptors (Lipinski definition) is 4. The monoisotopic (exact) mass is 382 g/mol. The van der Waals surface area contributed by atoms with Gasteiger partial charge in [0.1, 0.15) is 0 Å². The van der Waals surface area contributed by atoms with Crippen molar-refractivity contribution in [1.29, 1.82) is 0 Å². The SMILES string of the molecule is COc1ccccc1OCC(=O)N1CCC(NC(=O)C(C)(C)CCl)CC1. The molecule has 1 heterocycles. The lowest BCUT2D eigenvalue weighted by Gasteiger charge is -2.34. The predicted octanol–water partition coefficient (Wildman–Crippen LogP) is 2.45. The molecule has 1 fully saturated rings. The van der Waals surface area contributed by atoms with Crippen LogP contribution in [0.25, 0.3) is 0 Å². The normalized spacial score (nSPS) is 15.5. The molecule has 2 rings (SSSR count). The number of carbonyl (C=O) groups excluding carboxylic acids is 2. The zero-order valence-corrected chi connectivity index (χ0v) is 16.3. The van der Waals surface area contributed by atoms with Gasteiger partial charge in [0.05, 0.1) is 12.5 Å². The molecule has 1 aliphatic heterocycles. The molecule has 1 saturated heterocycles. The molecule has 26 heavy (non-hydrogen) atoms. The maximum atomic E-state index is 12.4. The van der Waals surface area contributed by atoms with Gasteiger partial charge in [-0.3, -0.25) is 9.59 Å². The van der Waals surface area contributed by atoms with E-state index in [0.717, 1.165) is 12.8 Å². The van der Waals surface area contributed by atoms with Crippen molar-refractivity contribution in [2.45, 2.75) is 32.7 Å². The van der Waals surface area contributed by atoms with E-state index in [9.17, 15) is 9.59 Å². The van der Waals surface area contributed by atoms with E-state index in [1.165, 1.54) is 0 Å². The van der Waals surface area contributed by atoms with Crippen LogP contribution in [0.3, 0.4) is 0 Å². The van der Waals surface area contributed by atoms with E-state index in [0.29, 0.717) is 24.6 Å². The van der Waals surface area contributed by atoms with Gasteiger partial charge in [-0.2, -0.15) is 0 Å². The second-order valence-electron chi connectivity index (χ2n) is 7.09. The summed E-state index contributed by atoms with van der Waals surface area (Å²) in [5, 5.41) is 3.03. The topological polar surface area (TPSA) is 67.9 Å². The number of halogens is 1. The number of ether oxygens (including phenoxy) is 2. The Labute approximate surface area is 159 Å². The zero-order valence-electron chi connectivity index (χ0n) is 15.6. The Morgan fingerprint density at radius 2 is 1.85 bits per heavy atom. The molecule has 0 bridgehead atoms. The lowest BCUT2D eigenvalue weighted by molar-refractivity contribution is -0.134. The van der Waals surface area contributed by atoms with Crippen LogP contribution in [0, 0.1) is 5.41 Å². The third-order valence-corrected chi connectivity index (χ3v) is 5.22. The van der Waals surface area contributed by atoms with Crippen LogP contribution < -0.4 is 14.8 Å². The number of benzene rings is 1. The highest BCUT2D eigenvalue weighted by atomic mass is 35.5. The Kier molecular flexibility index (Phi) is 7.14. The van der Waals surface area contributed by atoms with Gasteiger partial charge in [0.25, 0.3) is 5.91 Å². The van der Waals surface area contributed by atoms with Crippen LogP contribution in [0.5, 0.6) is 11.5 Å². The molecule has 0 saturated carbocycles. The molecular weight excluding hydrogens is 356 g/mol. The maximum absolute atomic E-state index is 12.4. The quantitative estimate of drug-likeness (QED) is 0.735. The van der Waals surface area contributed by atoms with Gasteiger partial charge in [-0.05, 0) is 38.8 Å². The Morgan fingerprint density at radius 3 is 2.42 bits per heavy atom. The molecule has 0 atom stereocenters. The van der Waals surface area contributed by atoms with E-state index in [-0.39, 0.29) is 30.3 Å². The van der Waals surface area contributed by atoms with Crippen LogP contribution in [0.4, 0.5) is 0 Å². The Hall–Kier alpha value is -1.95. The van der Waals surface area contributed by atoms with E-state index in [1.807, 2.05) is 26.0 Å². The minimum Gasteiger partial charge on any atom is -0.493 e. The van der Waals surface area contributed by atoms with Crippen molar-refractivity contribution < 1.29 is 19.1 Å². The van der Waals surface area contributed by atoms with E-state index in [1.54, 1.807) is 24.1 Å². The number of piperidine rings is 1. The second kappa shape index (κ2) is 9.12. The van der Waals surface area contributed by atoms with Crippen LogP contribution in [-0.4, -0.2) is 55.4 Å². The third kappa shape index (κ3) is 5.27. The maximum Gasteiger partial charge on any atom is 0.260 e. The van der Waals surface area contributed by atoms with Gasteiger partial charge in [-0.25, -0.2) is 0 Å². The molecule has 144 valence electrons. The van der Waals surface area contributed by atoms with E-state index >= 15 is 0 Å². The van der Waals surface area contributed by atoms with Gasteiger partial charge in [0.2, 0.25) is 5.91 Å². The molecule has 1 aromatic carbocycles. The van der Waals surface area contributed by atoms with Gasteiger partial charge in [-0.1, -0.05) is 12.1 Å². The summed E-state index contributed by atoms with van der Waals surface area (Å²) >= 11 is 5.84. The highest BCUT2D eigenvalue weighted by Gasteiger charge is 2.30. The molecule has 7 heteroatoms. The average Bonchev–Trinajstić information content (AvgIpc) is 2.66. The molecule has 1 aliphatic rings. The standard InChI is InChI=1S/C19H27ClN2O4/c1-19(2,13-20)18(24)21-14-8-10-22(11-9-14)17(23)12-26-16-7-5-4-6-15(16)25-3/h4-7,14H,8-13H2,1-3H3,(H,21,24). The van der Waals surface area contributed by atoms with Crippen molar-refractivity contribution in [3.63, 3.8) is 0 Å². The fraction of sp³-hybridized carbons (Fsp3) is 0.579. The highest BCUT2D eigenvalue weighted by Crippen LogP contribution is 2.26. The first kappa shape index (κ1) is 20.4. The average molecular weight is 383 g/mol. The smallest absolute Gasteiger partial charge is 0.260 e. The Balaban J connectivity index is 1.78. The summed E-state index contributed by atoms with van der Waals surface area (Å²) in [6, 6.07) is 7.31. The minimum absolute atomic E-state index is 0.0311. The highest BCUT2D eigenvalue weighted by molar-refractivity contribution is 6.19. The van der Waals surface area contributed by atoms with Crippen LogP contribution in [-0.2, 0) is 9.59 Å². The fourth-order valence-corrected chi connectivity index (χ4v) is 2.80. The fourth-order valence-electron chi connectivity index (χ4n) is 2.68. The molecule has 1 aromatic rings. The van der Waals surface area contributed by atoms with E-state index in [4.69, 9.17) is 21.1 Å². The summed E-state index contributed by atoms with van der Waals surface area (Å²) < 4.78 is 10.8. The van der Waals surface area contributed by atoms with Gasteiger partial charge in [0, 0.05) is 25.0 Å². The number of amides is 2. The largest absolute Gasteiger partial charge is 0.493 e. The molecule has 2 amide bonds. The summed E-state index contributed by atoms with van der Waals surface area (Å²) in [6.45, 7) is 4.81. The number of carbonyl (C=O) groups is 2. The van der Waals surface area contributed by atoms with Crippen LogP contribution in [0.2, 0.25) is 0 Å². The number of methoxy groups -OCH3 is 1. The van der Waals surface area contributed by atoms with Crippen molar-refractivity contribution >= 4 is 23.4 Å². The summed E-state index contributed by atoms with van der Waals surface area (Å²) in [5.74, 6) is 1.31. The lowest BCUT2D eigenvalue weighted by Crippen LogP contribution is -2.50. The molecule has 0 radical (unpaired) electrons. The molecule has 6 nitrogen and oxygen atoms in total. The van der Waals surface area contributed by atoms with Crippen molar-refractivity contribution in [2.75, 3.05) is 32.7 Å². The number of para-hydroxylation sites is 2. The van der Waals surface area contributed by atoms with E-state index < -0.39 is 5.41 Å². The number of nitrogens with zero attached hydrogens (tertiary/aromatic N) is 1. The summed E-state index contributed by atoms with van der Waals surface area (Å²) in [7, 11) is 1.56. The number of likely N-dealkylation sites (tertiary alicyclic amines) is 1. The molecule has 0 aromatic heterocycles.